The van der Waals surface area contributed by atoms with Gasteiger partial charge >= 0.3 is 12.1 Å². The van der Waals surface area contributed by atoms with Crippen molar-refractivity contribution in [3.63, 3.8) is 0 Å². The number of aromatic carboxylic acids is 1. The smallest absolute Gasteiger partial charge is 0.407 e. The van der Waals surface area contributed by atoms with E-state index in [2.05, 4.69) is 39.9 Å². The van der Waals surface area contributed by atoms with Crippen molar-refractivity contribution in [2.24, 2.45) is 0 Å². The number of hydrogen-bond donors (Lipinski definition) is 3. The lowest BCUT2D eigenvalue weighted by Gasteiger charge is -2.14. The molecule has 2 amide bonds. The number of rotatable bonds is 9. The Bertz CT molecular complexity index is 1150. The molecule has 1 heterocycles. The van der Waals surface area contributed by atoms with Crippen LogP contribution in [0.1, 0.15) is 27.5 Å². The summed E-state index contributed by atoms with van der Waals surface area (Å²) in [6, 6.07) is 19.1. The highest BCUT2D eigenvalue weighted by Gasteiger charge is 2.28. The van der Waals surface area contributed by atoms with Gasteiger partial charge in [0.05, 0.1) is 17.6 Å². The number of carbonyl (C=O) groups is 3. The normalized spacial score (nSPS) is 11.9. The minimum absolute atomic E-state index is 0.00951. The van der Waals surface area contributed by atoms with E-state index in [1.807, 2.05) is 24.3 Å². The Morgan fingerprint density at radius 3 is 2.26 bits per heavy atom. The molecule has 3 N–H and O–H groups in total. The summed E-state index contributed by atoms with van der Waals surface area (Å²) in [6.45, 7) is 0.619. The fourth-order valence-electron chi connectivity index (χ4n) is 3.83. The zero-order valence-electron chi connectivity index (χ0n) is 18.2. The van der Waals surface area contributed by atoms with Crippen LogP contribution in [0.4, 0.5) is 10.5 Å². The number of nitrogens with one attached hydrogen (secondary N) is 2. The molecule has 3 aromatic rings. The van der Waals surface area contributed by atoms with Gasteiger partial charge in [0.2, 0.25) is 5.91 Å². The molecule has 0 spiro atoms. The first-order valence-electron chi connectivity index (χ1n) is 10.7. The molecule has 1 aliphatic rings. The lowest BCUT2D eigenvalue weighted by atomic mass is 9.98. The van der Waals surface area contributed by atoms with Gasteiger partial charge in [-0.05, 0) is 34.4 Å². The molecule has 0 atom stereocenters. The summed E-state index contributed by atoms with van der Waals surface area (Å²) < 4.78 is 5.49. The Morgan fingerprint density at radius 2 is 1.65 bits per heavy atom. The Morgan fingerprint density at radius 1 is 0.971 bits per heavy atom. The first-order chi connectivity index (χ1) is 16.5. The van der Waals surface area contributed by atoms with Crippen LogP contribution < -0.4 is 10.6 Å². The molecule has 0 fully saturated rings. The zero-order valence-corrected chi connectivity index (χ0v) is 19.0. The van der Waals surface area contributed by atoms with Crippen molar-refractivity contribution in [3.05, 3.63) is 83.7 Å². The van der Waals surface area contributed by atoms with Crippen molar-refractivity contribution in [3.8, 4) is 11.1 Å². The highest BCUT2D eigenvalue weighted by molar-refractivity contribution is 7.99. The summed E-state index contributed by atoms with van der Waals surface area (Å²) in [4.78, 5) is 38.7. The van der Waals surface area contributed by atoms with E-state index in [1.165, 1.54) is 41.2 Å². The molecular weight excluding hydrogens is 454 g/mol. The lowest BCUT2D eigenvalue weighted by Crippen LogP contribution is -2.28. The Hall–Kier alpha value is -3.85. The van der Waals surface area contributed by atoms with Crippen LogP contribution in [0, 0.1) is 0 Å². The Kier molecular flexibility index (Phi) is 7.44. The number of carboxylic acids is 1. The van der Waals surface area contributed by atoms with Crippen LogP contribution in [-0.2, 0) is 9.53 Å². The summed E-state index contributed by atoms with van der Waals surface area (Å²) in [5.41, 5.74) is 5.00. The third-order valence-corrected chi connectivity index (χ3v) is 6.32. The van der Waals surface area contributed by atoms with Gasteiger partial charge < -0.3 is 20.5 Å². The highest BCUT2D eigenvalue weighted by atomic mass is 32.2. The number of fused-ring (bicyclic) bond motifs is 3. The van der Waals surface area contributed by atoms with Crippen molar-refractivity contribution < 1.29 is 24.2 Å². The van der Waals surface area contributed by atoms with Crippen molar-refractivity contribution >= 4 is 35.4 Å². The number of pyridine rings is 1. The molecule has 1 aromatic heterocycles. The predicted octanol–water partition coefficient (Wildman–Crippen LogP) is 3.99. The van der Waals surface area contributed by atoms with E-state index in [9.17, 15) is 14.4 Å². The molecule has 4 rings (SSSR count). The van der Waals surface area contributed by atoms with E-state index >= 15 is 0 Å². The summed E-state index contributed by atoms with van der Waals surface area (Å²) in [7, 11) is 0. The SMILES string of the molecule is O=C(CSCCNC(=O)OCC1c2ccccc2-c2ccccc21)Nc1ccc(C(=O)O)nc1. The number of anilines is 1. The molecular formula is C25H23N3O5S. The second-order valence-electron chi connectivity index (χ2n) is 7.59. The summed E-state index contributed by atoms with van der Waals surface area (Å²) in [5, 5.41) is 14.2. The van der Waals surface area contributed by atoms with E-state index in [0.29, 0.717) is 18.0 Å². The molecule has 8 nitrogen and oxygen atoms in total. The van der Waals surface area contributed by atoms with E-state index in [0.717, 1.165) is 11.1 Å². The third kappa shape index (κ3) is 5.55. The molecule has 9 heteroatoms. The van der Waals surface area contributed by atoms with Crippen LogP contribution in [0.25, 0.3) is 11.1 Å². The second kappa shape index (κ2) is 10.8. The molecule has 0 bridgehead atoms. The average Bonchev–Trinajstić information content (AvgIpc) is 3.16. The average molecular weight is 478 g/mol. The molecule has 0 radical (unpaired) electrons. The van der Waals surface area contributed by atoms with Crippen LogP contribution in [0.15, 0.2) is 66.9 Å². The largest absolute Gasteiger partial charge is 0.477 e. The topological polar surface area (TPSA) is 118 Å². The fourth-order valence-corrected chi connectivity index (χ4v) is 4.48. The van der Waals surface area contributed by atoms with Gasteiger partial charge in [0.1, 0.15) is 12.3 Å². The van der Waals surface area contributed by atoms with Crippen LogP contribution in [0.3, 0.4) is 0 Å². The van der Waals surface area contributed by atoms with E-state index in [1.54, 1.807) is 0 Å². The van der Waals surface area contributed by atoms with Crippen LogP contribution in [-0.4, -0.2) is 52.7 Å². The van der Waals surface area contributed by atoms with Gasteiger partial charge in [0.15, 0.2) is 0 Å². The lowest BCUT2D eigenvalue weighted by molar-refractivity contribution is -0.113. The van der Waals surface area contributed by atoms with Crippen LogP contribution in [0.5, 0.6) is 0 Å². The number of amides is 2. The van der Waals surface area contributed by atoms with E-state index in [-0.39, 0.29) is 29.9 Å². The first kappa shape index (κ1) is 23.3. The van der Waals surface area contributed by atoms with Crippen molar-refractivity contribution in [2.45, 2.75) is 5.92 Å². The number of ether oxygens (including phenoxy) is 1. The fraction of sp³-hybridized carbons (Fsp3) is 0.200. The number of thioether (sulfide) groups is 1. The molecule has 0 unspecified atom stereocenters. The number of carbonyl (C=O) groups excluding carboxylic acids is 2. The number of aromatic nitrogens is 1. The van der Waals surface area contributed by atoms with Gasteiger partial charge in [0.25, 0.3) is 0 Å². The molecule has 174 valence electrons. The quantitative estimate of drug-likeness (QED) is 0.399. The first-order valence-corrected chi connectivity index (χ1v) is 11.8. The van der Waals surface area contributed by atoms with Gasteiger partial charge in [-0.15, -0.1) is 0 Å². The monoisotopic (exact) mass is 477 g/mol. The zero-order chi connectivity index (χ0) is 23.9. The number of benzene rings is 2. The second-order valence-corrected chi connectivity index (χ2v) is 8.70. The van der Waals surface area contributed by atoms with Gasteiger partial charge in [-0.2, -0.15) is 11.8 Å². The molecule has 2 aromatic carbocycles. The maximum atomic E-state index is 12.2. The molecule has 34 heavy (non-hydrogen) atoms. The number of alkyl carbamates (subject to hydrolysis) is 1. The third-order valence-electron chi connectivity index (χ3n) is 5.36. The number of carboxylic acid groups (broad SMARTS) is 1. The molecule has 0 saturated heterocycles. The van der Waals surface area contributed by atoms with E-state index in [4.69, 9.17) is 9.84 Å². The highest BCUT2D eigenvalue weighted by Crippen LogP contribution is 2.44. The maximum absolute atomic E-state index is 12.2. The van der Waals surface area contributed by atoms with Gasteiger partial charge in [-0.3, -0.25) is 4.79 Å². The van der Waals surface area contributed by atoms with Crippen molar-refractivity contribution in [1.82, 2.24) is 10.3 Å². The molecule has 0 saturated carbocycles. The summed E-state index contributed by atoms with van der Waals surface area (Å²) >= 11 is 1.36. The van der Waals surface area contributed by atoms with E-state index < -0.39 is 12.1 Å². The molecule has 0 aliphatic heterocycles. The predicted molar refractivity (Wildman–Crippen MR) is 130 cm³/mol. The van der Waals surface area contributed by atoms with Crippen LogP contribution >= 0.6 is 11.8 Å². The Balaban J connectivity index is 1.16. The molecule has 1 aliphatic carbocycles. The number of hydrogen-bond acceptors (Lipinski definition) is 6. The number of nitrogens with zero attached hydrogens (tertiary/aromatic N) is 1. The van der Waals surface area contributed by atoms with Gasteiger partial charge in [-0.1, -0.05) is 48.5 Å². The van der Waals surface area contributed by atoms with Crippen molar-refractivity contribution in [1.29, 1.82) is 0 Å². The van der Waals surface area contributed by atoms with Crippen LogP contribution in [0.2, 0.25) is 0 Å². The van der Waals surface area contributed by atoms with Gasteiger partial charge in [0, 0.05) is 18.2 Å². The summed E-state index contributed by atoms with van der Waals surface area (Å²) in [6.07, 6.45) is 0.807. The minimum atomic E-state index is -1.13. The standard InChI is InChI=1S/C25H23N3O5S/c29-23(28-16-9-10-22(24(30)31)27-13-16)15-34-12-11-26-25(32)33-14-21-19-7-3-1-5-17(19)18-6-2-4-8-20(18)21/h1-10,13,21H,11-12,14-15H2,(H,26,32)(H,28,29)(H,30,31). The summed E-state index contributed by atoms with van der Waals surface area (Å²) in [5.74, 6) is -0.635. The Labute approximate surface area is 200 Å². The minimum Gasteiger partial charge on any atom is -0.477 e. The van der Waals surface area contributed by atoms with Crippen molar-refractivity contribution in [2.75, 3.05) is 30.0 Å². The van der Waals surface area contributed by atoms with Gasteiger partial charge in [-0.25, -0.2) is 14.6 Å². The maximum Gasteiger partial charge on any atom is 0.407 e.